The zero-order valence-electron chi connectivity index (χ0n) is 17.3. The molecule has 0 aliphatic rings. The second-order valence-electron chi connectivity index (χ2n) is 7.38. The minimum absolute atomic E-state index is 0.137. The molecule has 1 atom stereocenters. The summed E-state index contributed by atoms with van der Waals surface area (Å²) in [5, 5.41) is 5.36. The maximum Gasteiger partial charge on any atom is 0.254 e. The molecule has 2 aromatic carbocycles. The van der Waals surface area contributed by atoms with Crippen LogP contribution in [0, 0.1) is 18.7 Å². The Morgan fingerprint density at radius 3 is 2.40 bits per heavy atom. The first-order valence-electron chi connectivity index (χ1n) is 9.46. The molecular formula is C22H25BrFN3O3. The lowest BCUT2D eigenvalue weighted by molar-refractivity contribution is -0.135. The molecule has 3 amide bonds. The van der Waals surface area contributed by atoms with Crippen molar-refractivity contribution in [3.05, 3.63) is 63.9 Å². The predicted octanol–water partition coefficient (Wildman–Crippen LogP) is 3.75. The molecule has 0 spiro atoms. The Labute approximate surface area is 184 Å². The maximum absolute atomic E-state index is 13.9. The number of nitrogens with zero attached hydrogens (tertiary/aromatic N) is 1. The summed E-state index contributed by atoms with van der Waals surface area (Å²) in [7, 11) is 1.49. The van der Waals surface area contributed by atoms with E-state index in [4.69, 9.17) is 0 Å². The summed E-state index contributed by atoms with van der Waals surface area (Å²) < 4.78 is 14.8. The molecular weight excluding hydrogens is 453 g/mol. The third-order valence-electron chi connectivity index (χ3n) is 4.56. The smallest absolute Gasteiger partial charge is 0.254 e. The van der Waals surface area contributed by atoms with Gasteiger partial charge in [0.15, 0.2) is 0 Å². The molecule has 1 unspecified atom stereocenters. The summed E-state index contributed by atoms with van der Waals surface area (Å²) in [6.45, 7) is 5.21. The van der Waals surface area contributed by atoms with E-state index in [1.807, 2.05) is 19.1 Å². The zero-order chi connectivity index (χ0) is 22.4. The number of likely N-dealkylation sites (N-methyl/N-ethyl adjacent to an activating group) is 1. The van der Waals surface area contributed by atoms with Crippen LogP contribution in [-0.2, 0) is 9.59 Å². The molecule has 2 aromatic rings. The fraction of sp³-hybridized carbons (Fsp3) is 0.318. The van der Waals surface area contributed by atoms with Crippen molar-refractivity contribution in [1.82, 2.24) is 10.2 Å². The van der Waals surface area contributed by atoms with Crippen LogP contribution in [0.1, 0.15) is 29.8 Å². The third kappa shape index (κ3) is 6.13. The van der Waals surface area contributed by atoms with E-state index in [-0.39, 0.29) is 23.9 Å². The molecule has 0 aliphatic carbocycles. The van der Waals surface area contributed by atoms with Crippen LogP contribution in [0.25, 0.3) is 0 Å². The molecule has 0 bridgehead atoms. The first-order chi connectivity index (χ1) is 14.1. The highest BCUT2D eigenvalue weighted by atomic mass is 79.9. The molecule has 8 heteroatoms. The van der Waals surface area contributed by atoms with Crippen molar-refractivity contribution in [3.63, 3.8) is 0 Å². The Morgan fingerprint density at radius 2 is 1.80 bits per heavy atom. The number of rotatable bonds is 7. The molecule has 30 heavy (non-hydrogen) atoms. The lowest BCUT2D eigenvalue weighted by atomic mass is 10.0. The molecule has 160 valence electrons. The van der Waals surface area contributed by atoms with Gasteiger partial charge in [0.1, 0.15) is 11.9 Å². The van der Waals surface area contributed by atoms with E-state index in [0.717, 1.165) is 10.0 Å². The van der Waals surface area contributed by atoms with Crippen molar-refractivity contribution < 1.29 is 18.8 Å². The third-order valence-corrected chi connectivity index (χ3v) is 5.05. The Balaban J connectivity index is 2.04. The van der Waals surface area contributed by atoms with Crippen LogP contribution in [0.2, 0.25) is 0 Å². The number of amides is 3. The Kier molecular flexibility index (Phi) is 8.11. The van der Waals surface area contributed by atoms with Gasteiger partial charge in [-0.1, -0.05) is 41.9 Å². The van der Waals surface area contributed by atoms with Crippen molar-refractivity contribution >= 4 is 39.3 Å². The van der Waals surface area contributed by atoms with E-state index in [1.54, 1.807) is 26.0 Å². The topological polar surface area (TPSA) is 78.5 Å². The van der Waals surface area contributed by atoms with Crippen molar-refractivity contribution in [2.75, 3.05) is 18.9 Å². The minimum atomic E-state index is -0.899. The number of carbonyl (C=O) groups is 3. The maximum atomic E-state index is 13.9. The van der Waals surface area contributed by atoms with E-state index in [1.165, 1.54) is 30.1 Å². The number of halogens is 2. The summed E-state index contributed by atoms with van der Waals surface area (Å²) in [4.78, 5) is 38.9. The van der Waals surface area contributed by atoms with Crippen molar-refractivity contribution in [1.29, 1.82) is 0 Å². The summed E-state index contributed by atoms with van der Waals surface area (Å²) in [5.41, 5.74) is 1.39. The van der Waals surface area contributed by atoms with Gasteiger partial charge in [0.05, 0.1) is 12.1 Å². The predicted molar refractivity (Wildman–Crippen MR) is 118 cm³/mol. The molecule has 6 nitrogen and oxygen atoms in total. The van der Waals surface area contributed by atoms with Gasteiger partial charge in [-0.3, -0.25) is 14.4 Å². The second kappa shape index (κ2) is 10.3. The van der Waals surface area contributed by atoms with Crippen LogP contribution in [0.4, 0.5) is 10.1 Å². The highest BCUT2D eigenvalue weighted by Gasteiger charge is 2.29. The van der Waals surface area contributed by atoms with Crippen molar-refractivity contribution in [2.24, 2.45) is 5.92 Å². The Hall–Kier alpha value is -2.74. The van der Waals surface area contributed by atoms with Gasteiger partial charge in [-0.25, -0.2) is 4.39 Å². The average molecular weight is 478 g/mol. The van der Waals surface area contributed by atoms with Crippen LogP contribution in [0.5, 0.6) is 0 Å². The van der Waals surface area contributed by atoms with E-state index in [9.17, 15) is 18.8 Å². The van der Waals surface area contributed by atoms with Crippen molar-refractivity contribution in [2.45, 2.75) is 26.8 Å². The number of benzene rings is 2. The van der Waals surface area contributed by atoms with Gasteiger partial charge in [0, 0.05) is 17.2 Å². The lowest BCUT2D eigenvalue weighted by Crippen LogP contribution is -2.51. The van der Waals surface area contributed by atoms with Gasteiger partial charge in [-0.15, -0.1) is 0 Å². The standard InChI is InChI=1S/C22H25BrFN3O3/c1-13(2)20(26-21(29)16-7-5-6-8-17(16)24)22(30)27(4)12-19(28)25-18-10-9-15(23)11-14(18)3/h5-11,13,20H,12H2,1-4H3,(H,25,28)(H,26,29). The number of hydrogen-bond acceptors (Lipinski definition) is 3. The highest BCUT2D eigenvalue weighted by Crippen LogP contribution is 2.20. The van der Waals surface area contributed by atoms with Crippen molar-refractivity contribution in [3.8, 4) is 0 Å². The van der Waals surface area contributed by atoms with Crippen LogP contribution in [-0.4, -0.2) is 42.3 Å². The molecule has 0 radical (unpaired) electrons. The molecule has 0 aliphatic heterocycles. The number of carbonyl (C=O) groups excluding carboxylic acids is 3. The molecule has 2 N–H and O–H groups in total. The van der Waals surface area contributed by atoms with E-state index < -0.39 is 23.7 Å². The van der Waals surface area contributed by atoms with Crippen LogP contribution in [0.3, 0.4) is 0 Å². The highest BCUT2D eigenvalue weighted by molar-refractivity contribution is 9.10. The fourth-order valence-electron chi connectivity index (χ4n) is 2.87. The van der Waals surface area contributed by atoms with E-state index >= 15 is 0 Å². The summed E-state index contributed by atoms with van der Waals surface area (Å²) in [6, 6.07) is 10.1. The second-order valence-corrected chi connectivity index (χ2v) is 8.29. The lowest BCUT2D eigenvalue weighted by Gasteiger charge is -2.27. The van der Waals surface area contributed by atoms with Gasteiger partial charge in [0.2, 0.25) is 11.8 Å². The van der Waals surface area contributed by atoms with Gasteiger partial charge in [0.25, 0.3) is 5.91 Å². The molecule has 0 aromatic heterocycles. The minimum Gasteiger partial charge on any atom is -0.340 e. The first kappa shape index (κ1) is 23.5. The van der Waals surface area contributed by atoms with Gasteiger partial charge in [-0.2, -0.15) is 0 Å². The Morgan fingerprint density at radius 1 is 1.13 bits per heavy atom. The fourth-order valence-corrected chi connectivity index (χ4v) is 3.34. The van der Waals surface area contributed by atoms with Gasteiger partial charge < -0.3 is 15.5 Å². The van der Waals surface area contributed by atoms with Crippen LogP contribution < -0.4 is 10.6 Å². The van der Waals surface area contributed by atoms with Gasteiger partial charge >= 0.3 is 0 Å². The number of nitrogens with one attached hydrogen (secondary N) is 2. The van der Waals surface area contributed by atoms with E-state index in [2.05, 4.69) is 26.6 Å². The molecule has 2 rings (SSSR count). The number of hydrogen-bond donors (Lipinski definition) is 2. The van der Waals surface area contributed by atoms with Gasteiger partial charge in [-0.05, 0) is 48.7 Å². The molecule has 0 saturated carbocycles. The van der Waals surface area contributed by atoms with Crippen LogP contribution >= 0.6 is 15.9 Å². The molecule has 0 heterocycles. The van der Waals surface area contributed by atoms with Crippen LogP contribution in [0.15, 0.2) is 46.9 Å². The number of anilines is 1. The monoisotopic (exact) mass is 477 g/mol. The Bertz CT molecular complexity index is 949. The number of aryl methyl sites for hydroxylation is 1. The molecule has 0 saturated heterocycles. The SMILES string of the molecule is Cc1cc(Br)ccc1NC(=O)CN(C)C(=O)C(NC(=O)c1ccccc1F)C(C)C. The average Bonchev–Trinajstić information content (AvgIpc) is 2.67. The summed E-state index contributed by atoms with van der Waals surface area (Å²) in [5.74, 6) is -2.39. The largest absolute Gasteiger partial charge is 0.340 e. The normalized spacial score (nSPS) is 11.7. The van der Waals surface area contributed by atoms with E-state index in [0.29, 0.717) is 5.69 Å². The molecule has 0 fully saturated rings. The summed E-state index contributed by atoms with van der Waals surface area (Å²) in [6.07, 6.45) is 0. The summed E-state index contributed by atoms with van der Waals surface area (Å²) >= 11 is 3.37. The quantitative estimate of drug-likeness (QED) is 0.637. The first-order valence-corrected chi connectivity index (χ1v) is 10.3. The zero-order valence-corrected chi connectivity index (χ0v) is 18.9.